The predicted molar refractivity (Wildman–Crippen MR) is 75.6 cm³/mol. The van der Waals surface area contributed by atoms with Crippen LogP contribution in [-0.2, 0) is 4.79 Å². The van der Waals surface area contributed by atoms with E-state index in [4.69, 9.17) is 15.2 Å². The highest BCUT2D eigenvalue weighted by molar-refractivity contribution is 5.95. The minimum atomic E-state index is -0.605. The zero-order valence-electron chi connectivity index (χ0n) is 11.9. The van der Waals surface area contributed by atoms with Crippen LogP contribution in [-0.4, -0.2) is 26.2 Å². The monoisotopic (exact) mass is 266 g/mol. The number of rotatable bonds is 6. The number of amides is 1. The van der Waals surface area contributed by atoms with Gasteiger partial charge in [-0.15, -0.1) is 0 Å². The van der Waals surface area contributed by atoms with Crippen molar-refractivity contribution in [1.82, 2.24) is 0 Å². The van der Waals surface area contributed by atoms with Crippen LogP contribution in [0.2, 0.25) is 0 Å². The van der Waals surface area contributed by atoms with E-state index in [9.17, 15) is 4.79 Å². The number of methoxy groups -OCH3 is 1. The molecule has 0 fully saturated rings. The lowest BCUT2D eigenvalue weighted by Gasteiger charge is -2.21. The molecule has 106 valence electrons. The summed E-state index contributed by atoms with van der Waals surface area (Å²) in [5, 5.41) is 2.83. The molecule has 0 bridgehead atoms. The smallest absolute Gasteiger partial charge is 0.231 e. The molecule has 0 spiro atoms. The fraction of sp³-hybridized carbons (Fsp3) is 0.500. The summed E-state index contributed by atoms with van der Waals surface area (Å²) in [4.78, 5) is 12.0. The number of hydrogen-bond donors (Lipinski definition) is 2. The van der Waals surface area contributed by atoms with E-state index in [1.807, 2.05) is 6.92 Å². The number of hydrogen-bond acceptors (Lipinski definition) is 4. The van der Waals surface area contributed by atoms with Crippen LogP contribution < -0.4 is 20.5 Å². The molecule has 0 aliphatic rings. The molecule has 3 N–H and O–H groups in total. The molecule has 19 heavy (non-hydrogen) atoms. The first-order valence-electron chi connectivity index (χ1n) is 6.27. The Morgan fingerprint density at radius 3 is 2.58 bits per heavy atom. The molecule has 1 rings (SSSR count). The molecule has 0 saturated heterocycles. The molecule has 5 nitrogen and oxygen atoms in total. The molecule has 0 radical (unpaired) electrons. The van der Waals surface area contributed by atoms with Gasteiger partial charge in [-0.1, -0.05) is 0 Å². The first kappa shape index (κ1) is 15.3. The van der Waals surface area contributed by atoms with Crippen molar-refractivity contribution < 1.29 is 14.3 Å². The highest BCUT2D eigenvalue weighted by Crippen LogP contribution is 2.30. The number of nitrogens with two attached hydrogens (primary N) is 1. The van der Waals surface area contributed by atoms with Crippen molar-refractivity contribution in [2.45, 2.75) is 20.8 Å². The van der Waals surface area contributed by atoms with Crippen molar-refractivity contribution in [2.24, 2.45) is 11.1 Å². The van der Waals surface area contributed by atoms with Gasteiger partial charge < -0.3 is 20.5 Å². The van der Waals surface area contributed by atoms with Gasteiger partial charge in [-0.2, -0.15) is 0 Å². The second-order valence-electron chi connectivity index (χ2n) is 4.84. The Balaban J connectivity index is 2.91. The summed E-state index contributed by atoms with van der Waals surface area (Å²) in [7, 11) is 1.58. The average molecular weight is 266 g/mol. The van der Waals surface area contributed by atoms with Crippen molar-refractivity contribution in [1.29, 1.82) is 0 Å². The van der Waals surface area contributed by atoms with Gasteiger partial charge in [-0.3, -0.25) is 4.79 Å². The van der Waals surface area contributed by atoms with E-state index in [1.165, 1.54) is 0 Å². The highest BCUT2D eigenvalue weighted by atomic mass is 16.5. The maximum atomic E-state index is 12.0. The van der Waals surface area contributed by atoms with Crippen LogP contribution >= 0.6 is 0 Å². The number of carbonyl (C=O) groups excluding carboxylic acids is 1. The number of carbonyl (C=O) groups is 1. The molecule has 0 aliphatic heterocycles. The SMILES string of the molecule is CCOc1cc(NC(=O)C(C)(C)CN)ccc1OC. The standard InChI is InChI=1S/C14H22N2O3/c1-5-19-12-8-10(6-7-11(12)18-4)16-13(17)14(2,3)9-15/h6-8H,5,9,15H2,1-4H3,(H,16,17). The Morgan fingerprint density at radius 1 is 1.37 bits per heavy atom. The van der Waals surface area contributed by atoms with Crippen LogP contribution in [0.1, 0.15) is 20.8 Å². The van der Waals surface area contributed by atoms with E-state index in [0.29, 0.717) is 23.8 Å². The van der Waals surface area contributed by atoms with E-state index < -0.39 is 5.41 Å². The summed E-state index contributed by atoms with van der Waals surface area (Å²) >= 11 is 0. The Bertz CT molecular complexity index is 444. The van der Waals surface area contributed by atoms with Crippen molar-refractivity contribution in [2.75, 3.05) is 25.6 Å². The number of benzene rings is 1. The summed E-state index contributed by atoms with van der Waals surface area (Å²) in [6.07, 6.45) is 0. The molecule has 5 heteroatoms. The highest BCUT2D eigenvalue weighted by Gasteiger charge is 2.25. The Labute approximate surface area is 114 Å². The number of ether oxygens (including phenoxy) is 2. The molecule has 1 aromatic carbocycles. The molecule has 0 saturated carbocycles. The second-order valence-corrected chi connectivity index (χ2v) is 4.84. The van der Waals surface area contributed by atoms with Gasteiger partial charge in [0.1, 0.15) is 0 Å². The summed E-state index contributed by atoms with van der Waals surface area (Å²) in [5.74, 6) is 1.12. The van der Waals surface area contributed by atoms with E-state index in [1.54, 1.807) is 39.2 Å². The molecule has 0 aromatic heterocycles. The van der Waals surface area contributed by atoms with Gasteiger partial charge in [0.15, 0.2) is 11.5 Å². The van der Waals surface area contributed by atoms with Crippen molar-refractivity contribution >= 4 is 11.6 Å². The van der Waals surface area contributed by atoms with Crippen molar-refractivity contribution in [3.63, 3.8) is 0 Å². The van der Waals surface area contributed by atoms with Crippen molar-refractivity contribution in [3.8, 4) is 11.5 Å². The number of nitrogens with one attached hydrogen (secondary N) is 1. The first-order chi connectivity index (χ1) is 8.94. The quantitative estimate of drug-likeness (QED) is 0.826. The minimum Gasteiger partial charge on any atom is -0.493 e. The normalized spacial score (nSPS) is 11.0. The van der Waals surface area contributed by atoms with Gasteiger partial charge in [0.25, 0.3) is 0 Å². The lowest BCUT2D eigenvalue weighted by atomic mass is 9.92. The van der Waals surface area contributed by atoms with Gasteiger partial charge in [0.2, 0.25) is 5.91 Å². The van der Waals surface area contributed by atoms with Gasteiger partial charge >= 0.3 is 0 Å². The summed E-state index contributed by atoms with van der Waals surface area (Å²) < 4.78 is 10.6. The molecular formula is C14H22N2O3. The average Bonchev–Trinajstić information content (AvgIpc) is 2.39. The fourth-order valence-electron chi connectivity index (χ4n) is 1.42. The van der Waals surface area contributed by atoms with Crippen LogP contribution in [0.5, 0.6) is 11.5 Å². The van der Waals surface area contributed by atoms with E-state index >= 15 is 0 Å². The largest absolute Gasteiger partial charge is 0.493 e. The van der Waals surface area contributed by atoms with Gasteiger partial charge in [0.05, 0.1) is 19.1 Å². The third-order valence-corrected chi connectivity index (χ3v) is 2.85. The molecule has 1 aromatic rings. The maximum absolute atomic E-state index is 12.0. The van der Waals surface area contributed by atoms with Crippen LogP contribution in [0.3, 0.4) is 0 Å². The first-order valence-corrected chi connectivity index (χ1v) is 6.27. The lowest BCUT2D eigenvalue weighted by Crippen LogP contribution is -2.37. The minimum absolute atomic E-state index is 0.123. The molecule has 0 aliphatic carbocycles. The van der Waals surface area contributed by atoms with Gasteiger partial charge in [-0.25, -0.2) is 0 Å². The Kier molecular flexibility index (Phi) is 5.18. The van der Waals surface area contributed by atoms with Gasteiger partial charge in [-0.05, 0) is 32.9 Å². The molecular weight excluding hydrogens is 244 g/mol. The lowest BCUT2D eigenvalue weighted by molar-refractivity contribution is -0.123. The molecule has 0 heterocycles. The summed E-state index contributed by atoms with van der Waals surface area (Å²) in [6.45, 7) is 6.31. The third kappa shape index (κ3) is 3.86. The van der Waals surface area contributed by atoms with Crippen LogP contribution in [0.4, 0.5) is 5.69 Å². The molecule has 0 atom stereocenters. The molecule has 1 amide bonds. The van der Waals surface area contributed by atoms with Crippen molar-refractivity contribution in [3.05, 3.63) is 18.2 Å². The number of anilines is 1. The van der Waals surface area contributed by atoms with Crippen LogP contribution in [0, 0.1) is 5.41 Å². The van der Waals surface area contributed by atoms with Crippen LogP contribution in [0.15, 0.2) is 18.2 Å². The Morgan fingerprint density at radius 2 is 2.05 bits per heavy atom. The second kappa shape index (κ2) is 6.43. The summed E-state index contributed by atoms with van der Waals surface area (Å²) in [5.41, 5.74) is 5.64. The Hall–Kier alpha value is -1.75. The predicted octanol–water partition coefficient (Wildman–Crippen LogP) is 2.02. The summed E-state index contributed by atoms with van der Waals surface area (Å²) in [6, 6.07) is 5.27. The zero-order valence-corrected chi connectivity index (χ0v) is 11.9. The third-order valence-electron chi connectivity index (χ3n) is 2.85. The zero-order chi connectivity index (χ0) is 14.5. The molecule has 0 unspecified atom stereocenters. The topological polar surface area (TPSA) is 73.6 Å². The van der Waals surface area contributed by atoms with E-state index in [2.05, 4.69) is 5.32 Å². The van der Waals surface area contributed by atoms with Crippen LogP contribution in [0.25, 0.3) is 0 Å². The van der Waals surface area contributed by atoms with E-state index in [-0.39, 0.29) is 12.5 Å². The fourth-order valence-corrected chi connectivity index (χ4v) is 1.42. The maximum Gasteiger partial charge on any atom is 0.231 e. The van der Waals surface area contributed by atoms with Gasteiger partial charge in [0, 0.05) is 18.3 Å². The van der Waals surface area contributed by atoms with E-state index in [0.717, 1.165) is 0 Å².